The maximum absolute atomic E-state index is 13.1. The molecule has 0 aliphatic carbocycles. The van der Waals surface area contributed by atoms with Gasteiger partial charge in [0.05, 0.1) is 12.2 Å². The van der Waals surface area contributed by atoms with E-state index in [-0.39, 0.29) is 18.1 Å². The van der Waals surface area contributed by atoms with Crippen LogP contribution in [-0.4, -0.2) is 18.2 Å². The van der Waals surface area contributed by atoms with Gasteiger partial charge in [-0.15, -0.1) is 0 Å². The SMILES string of the molecule is O=C(CNc1c(C(=O)Nc2ccccc2)oc2ccccc12)c1ccc(F)cc1. The van der Waals surface area contributed by atoms with Crippen molar-refractivity contribution in [2.75, 3.05) is 17.2 Å². The number of benzene rings is 3. The molecule has 6 heteroatoms. The van der Waals surface area contributed by atoms with Crippen molar-refractivity contribution < 1.29 is 18.4 Å². The predicted octanol–water partition coefficient (Wildman–Crippen LogP) is 5.12. The van der Waals surface area contributed by atoms with Crippen LogP contribution in [0, 0.1) is 5.82 Å². The quantitative estimate of drug-likeness (QED) is 0.450. The molecule has 5 nitrogen and oxygen atoms in total. The Labute approximate surface area is 166 Å². The number of Topliss-reactive ketones (excluding diaryl/α,β-unsaturated/α-hetero) is 1. The van der Waals surface area contributed by atoms with Crippen molar-refractivity contribution in [3.63, 3.8) is 0 Å². The first-order chi connectivity index (χ1) is 14.1. The second kappa shape index (κ2) is 7.98. The minimum Gasteiger partial charge on any atom is -0.449 e. The molecule has 0 spiro atoms. The van der Waals surface area contributed by atoms with E-state index in [0.29, 0.717) is 27.9 Å². The molecule has 1 aromatic heterocycles. The van der Waals surface area contributed by atoms with Gasteiger partial charge in [0.25, 0.3) is 5.91 Å². The summed E-state index contributed by atoms with van der Waals surface area (Å²) < 4.78 is 18.8. The van der Waals surface area contributed by atoms with E-state index in [1.165, 1.54) is 24.3 Å². The van der Waals surface area contributed by atoms with Crippen molar-refractivity contribution in [1.29, 1.82) is 0 Å². The Bertz CT molecular complexity index is 1170. The fraction of sp³-hybridized carbons (Fsp3) is 0.0435. The maximum atomic E-state index is 13.1. The maximum Gasteiger partial charge on any atom is 0.293 e. The van der Waals surface area contributed by atoms with E-state index in [9.17, 15) is 14.0 Å². The predicted molar refractivity (Wildman–Crippen MR) is 110 cm³/mol. The first-order valence-electron chi connectivity index (χ1n) is 9.02. The fourth-order valence-corrected chi connectivity index (χ4v) is 3.00. The number of hydrogen-bond acceptors (Lipinski definition) is 4. The summed E-state index contributed by atoms with van der Waals surface area (Å²) in [6.07, 6.45) is 0. The lowest BCUT2D eigenvalue weighted by Crippen LogP contribution is -2.17. The average Bonchev–Trinajstić information content (AvgIpc) is 3.12. The molecule has 0 saturated heterocycles. The molecule has 4 rings (SSSR count). The average molecular weight is 388 g/mol. The number of para-hydroxylation sites is 2. The highest BCUT2D eigenvalue weighted by atomic mass is 19.1. The van der Waals surface area contributed by atoms with E-state index in [1.807, 2.05) is 30.3 Å². The molecule has 1 amide bonds. The summed E-state index contributed by atoms with van der Waals surface area (Å²) in [6, 6.07) is 21.5. The number of nitrogens with one attached hydrogen (secondary N) is 2. The monoisotopic (exact) mass is 388 g/mol. The van der Waals surface area contributed by atoms with Crippen molar-refractivity contribution in [3.8, 4) is 0 Å². The van der Waals surface area contributed by atoms with E-state index in [0.717, 1.165) is 0 Å². The summed E-state index contributed by atoms with van der Waals surface area (Å²) in [5, 5.41) is 6.50. The van der Waals surface area contributed by atoms with Gasteiger partial charge in [-0.3, -0.25) is 9.59 Å². The Kier molecular flexibility index (Phi) is 5.07. The third-order valence-electron chi connectivity index (χ3n) is 4.43. The van der Waals surface area contributed by atoms with Crippen LogP contribution in [0.25, 0.3) is 11.0 Å². The number of carbonyl (C=O) groups excluding carboxylic acids is 2. The number of ketones is 1. The molecule has 0 aliphatic heterocycles. The molecule has 144 valence electrons. The summed E-state index contributed by atoms with van der Waals surface area (Å²) in [4.78, 5) is 25.2. The Morgan fingerprint density at radius 2 is 1.55 bits per heavy atom. The lowest BCUT2D eigenvalue weighted by atomic mass is 10.1. The minimum absolute atomic E-state index is 0.0687. The van der Waals surface area contributed by atoms with E-state index >= 15 is 0 Å². The van der Waals surface area contributed by atoms with Crippen LogP contribution >= 0.6 is 0 Å². The zero-order valence-electron chi connectivity index (χ0n) is 15.3. The van der Waals surface area contributed by atoms with Gasteiger partial charge >= 0.3 is 0 Å². The standard InChI is InChI=1S/C23H17FN2O3/c24-16-12-10-15(11-13-16)19(27)14-25-21-18-8-4-5-9-20(18)29-22(21)23(28)26-17-6-2-1-3-7-17/h1-13,25H,14H2,(H,26,28). The highest BCUT2D eigenvalue weighted by molar-refractivity contribution is 6.12. The van der Waals surface area contributed by atoms with E-state index < -0.39 is 11.7 Å². The molecule has 1 heterocycles. The molecule has 3 aromatic carbocycles. The summed E-state index contributed by atoms with van der Waals surface area (Å²) in [5.41, 5.74) is 1.97. The minimum atomic E-state index is -0.427. The van der Waals surface area contributed by atoms with E-state index in [1.54, 1.807) is 24.3 Å². The third-order valence-corrected chi connectivity index (χ3v) is 4.43. The number of rotatable bonds is 6. The number of hydrogen-bond donors (Lipinski definition) is 2. The topological polar surface area (TPSA) is 71.3 Å². The number of amides is 1. The summed E-state index contributed by atoms with van der Waals surface area (Å²) in [7, 11) is 0. The third kappa shape index (κ3) is 4.01. The number of furan rings is 1. The molecular formula is C23H17FN2O3. The number of halogens is 1. The lowest BCUT2D eigenvalue weighted by molar-refractivity contribution is 0.0991. The molecule has 0 bridgehead atoms. The molecule has 0 radical (unpaired) electrons. The molecule has 29 heavy (non-hydrogen) atoms. The Morgan fingerprint density at radius 1 is 0.862 bits per heavy atom. The van der Waals surface area contributed by atoms with Gasteiger partial charge in [-0.05, 0) is 48.5 Å². The van der Waals surface area contributed by atoms with E-state index in [4.69, 9.17) is 4.42 Å². The molecule has 0 unspecified atom stereocenters. The van der Waals surface area contributed by atoms with Crippen molar-refractivity contribution in [2.24, 2.45) is 0 Å². The van der Waals surface area contributed by atoms with Gasteiger partial charge in [0.2, 0.25) is 5.76 Å². The van der Waals surface area contributed by atoms with Crippen molar-refractivity contribution >= 4 is 34.0 Å². The fourth-order valence-electron chi connectivity index (χ4n) is 3.00. The molecule has 2 N–H and O–H groups in total. The second-order valence-electron chi connectivity index (χ2n) is 6.41. The first-order valence-corrected chi connectivity index (χ1v) is 9.02. The number of carbonyl (C=O) groups is 2. The van der Waals surface area contributed by atoms with Crippen LogP contribution in [-0.2, 0) is 0 Å². The Morgan fingerprint density at radius 3 is 2.31 bits per heavy atom. The van der Waals surface area contributed by atoms with Crippen LogP contribution in [0.3, 0.4) is 0 Å². The largest absolute Gasteiger partial charge is 0.449 e. The van der Waals surface area contributed by atoms with Crippen LogP contribution in [0.5, 0.6) is 0 Å². The summed E-state index contributed by atoms with van der Waals surface area (Å²) in [5.74, 6) is -0.981. The normalized spacial score (nSPS) is 10.7. The molecule has 0 fully saturated rings. The summed E-state index contributed by atoms with van der Waals surface area (Å²) in [6.45, 7) is -0.0687. The van der Waals surface area contributed by atoms with Gasteiger partial charge < -0.3 is 15.1 Å². The van der Waals surface area contributed by atoms with Gasteiger partial charge in [-0.25, -0.2) is 4.39 Å². The highest BCUT2D eigenvalue weighted by Gasteiger charge is 2.21. The van der Waals surface area contributed by atoms with Crippen LogP contribution in [0.4, 0.5) is 15.8 Å². The lowest BCUT2D eigenvalue weighted by Gasteiger charge is -2.08. The number of fused-ring (bicyclic) bond motifs is 1. The van der Waals surface area contributed by atoms with Gasteiger partial charge in [-0.1, -0.05) is 30.3 Å². The smallest absolute Gasteiger partial charge is 0.293 e. The van der Waals surface area contributed by atoms with Crippen LogP contribution in [0.1, 0.15) is 20.9 Å². The molecular weight excluding hydrogens is 371 g/mol. The molecule has 4 aromatic rings. The van der Waals surface area contributed by atoms with Crippen molar-refractivity contribution in [1.82, 2.24) is 0 Å². The van der Waals surface area contributed by atoms with Crippen LogP contribution < -0.4 is 10.6 Å². The molecule has 0 aliphatic rings. The number of anilines is 2. The van der Waals surface area contributed by atoms with Crippen LogP contribution in [0.2, 0.25) is 0 Å². The Hall–Kier alpha value is -3.93. The van der Waals surface area contributed by atoms with Crippen LogP contribution in [0.15, 0.2) is 83.3 Å². The highest BCUT2D eigenvalue weighted by Crippen LogP contribution is 2.31. The van der Waals surface area contributed by atoms with Crippen molar-refractivity contribution in [2.45, 2.75) is 0 Å². The summed E-state index contributed by atoms with van der Waals surface area (Å²) >= 11 is 0. The van der Waals surface area contributed by atoms with E-state index in [2.05, 4.69) is 10.6 Å². The van der Waals surface area contributed by atoms with Gasteiger partial charge in [0.1, 0.15) is 11.4 Å². The van der Waals surface area contributed by atoms with Gasteiger partial charge in [0, 0.05) is 16.6 Å². The van der Waals surface area contributed by atoms with Gasteiger partial charge in [-0.2, -0.15) is 0 Å². The molecule has 0 atom stereocenters. The zero-order valence-corrected chi connectivity index (χ0v) is 15.3. The zero-order chi connectivity index (χ0) is 20.2. The first kappa shape index (κ1) is 18.4. The Balaban J connectivity index is 1.60. The second-order valence-corrected chi connectivity index (χ2v) is 6.41. The van der Waals surface area contributed by atoms with Crippen molar-refractivity contribution in [3.05, 3.63) is 96.0 Å². The van der Waals surface area contributed by atoms with Gasteiger partial charge in [0.15, 0.2) is 5.78 Å². The molecule has 0 saturated carbocycles.